The fourth-order valence-electron chi connectivity index (χ4n) is 3.58. The van der Waals surface area contributed by atoms with Gasteiger partial charge in [0.25, 0.3) is 0 Å². The van der Waals surface area contributed by atoms with E-state index < -0.39 is 36.1 Å². The van der Waals surface area contributed by atoms with Crippen molar-refractivity contribution in [1.82, 2.24) is 4.90 Å². The number of hydrogen-bond donors (Lipinski definition) is 1. The molecule has 0 aromatic heterocycles. The normalized spacial score (nSPS) is 22.8. The van der Waals surface area contributed by atoms with Crippen molar-refractivity contribution < 1.29 is 23.6 Å². The molecule has 2 heterocycles. The number of nitrogens with zero attached hydrogens (tertiary/aromatic N) is 1. The van der Waals surface area contributed by atoms with Gasteiger partial charge in [0.2, 0.25) is 5.91 Å². The van der Waals surface area contributed by atoms with Crippen LogP contribution in [0.15, 0.2) is 24.3 Å². The van der Waals surface area contributed by atoms with Gasteiger partial charge in [-0.15, -0.1) is 0 Å². The summed E-state index contributed by atoms with van der Waals surface area (Å²) in [6.45, 7) is 13.9. The third kappa shape index (κ3) is 4.65. The zero-order chi connectivity index (χ0) is 22.3. The van der Waals surface area contributed by atoms with E-state index in [1.807, 2.05) is 72.7 Å². The maximum atomic E-state index is 13.1. The van der Waals surface area contributed by atoms with E-state index in [0.29, 0.717) is 18.7 Å². The molecule has 0 aliphatic carbocycles. The number of amides is 2. The van der Waals surface area contributed by atoms with Crippen molar-refractivity contribution in [3.63, 3.8) is 0 Å². The number of rotatable bonds is 3. The van der Waals surface area contributed by atoms with E-state index >= 15 is 0 Å². The van der Waals surface area contributed by atoms with Gasteiger partial charge in [-0.05, 0) is 67.4 Å². The second kappa shape index (κ2) is 7.89. The Balaban J connectivity index is 1.76. The molecule has 0 saturated carbocycles. The predicted molar refractivity (Wildman–Crippen MR) is 117 cm³/mol. The summed E-state index contributed by atoms with van der Waals surface area (Å²) in [6, 6.07) is 6.89. The highest BCUT2D eigenvalue weighted by Gasteiger charge is 2.52. The number of ether oxygens (including phenoxy) is 1. The van der Waals surface area contributed by atoms with Gasteiger partial charge in [-0.2, -0.15) is 0 Å². The van der Waals surface area contributed by atoms with Crippen molar-refractivity contribution in [2.45, 2.75) is 84.2 Å². The van der Waals surface area contributed by atoms with Gasteiger partial charge in [0.1, 0.15) is 11.6 Å². The number of anilines is 1. The Bertz CT molecular complexity index is 802. The van der Waals surface area contributed by atoms with E-state index in [-0.39, 0.29) is 5.91 Å². The minimum atomic E-state index is -0.607. The van der Waals surface area contributed by atoms with Crippen LogP contribution in [0.1, 0.15) is 61.3 Å². The molecule has 1 atom stereocenters. The summed E-state index contributed by atoms with van der Waals surface area (Å²) in [5.41, 5.74) is -0.186. The lowest BCUT2D eigenvalue weighted by Gasteiger charge is -2.32. The van der Waals surface area contributed by atoms with Gasteiger partial charge in [0.15, 0.2) is 0 Å². The van der Waals surface area contributed by atoms with Crippen LogP contribution in [-0.2, 0) is 18.8 Å². The van der Waals surface area contributed by atoms with Crippen LogP contribution >= 0.6 is 0 Å². The van der Waals surface area contributed by atoms with Gasteiger partial charge in [0, 0.05) is 17.7 Å². The van der Waals surface area contributed by atoms with Gasteiger partial charge in [-0.1, -0.05) is 18.2 Å². The molecule has 1 N–H and O–H groups in total. The van der Waals surface area contributed by atoms with Crippen molar-refractivity contribution in [3.8, 4) is 0 Å². The zero-order valence-electron chi connectivity index (χ0n) is 19.1. The number of carbonyl (C=O) groups is 2. The molecule has 0 radical (unpaired) electrons. The first-order valence-corrected chi connectivity index (χ1v) is 10.6. The number of likely N-dealkylation sites (tertiary alicyclic amines) is 1. The number of benzene rings is 1. The Labute approximate surface area is 179 Å². The SMILES string of the molecule is CC(C)(C)OC(=O)N1CCCC1C(=O)Nc1ccccc1B1OC(C)(C)C(C)(C)O1. The lowest BCUT2D eigenvalue weighted by Crippen LogP contribution is -2.46. The topological polar surface area (TPSA) is 77.1 Å². The van der Waals surface area contributed by atoms with Crippen molar-refractivity contribution >= 4 is 30.3 Å². The fraction of sp³-hybridized carbons (Fsp3) is 0.636. The largest absolute Gasteiger partial charge is 0.496 e. The van der Waals surface area contributed by atoms with Crippen LogP contribution in [0.25, 0.3) is 0 Å². The van der Waals surface area contributed by atoms with Crippen molar-refractivity contribution in [2.75, 3.05) is 11.9 Å². The number of carbonyl (C=O) groups excluding carboxylic acids is 2. The monoisotopic (exact) mass is 416 g/mol. The molecule has 1 unspecified atom stereocenters. The first-order valence-electron chi connectivity index (χ1n) is 10.6. The summed E-state index contributed by atoms with van der Waals surface area (Å²) in [7, 11) is -0.586. The smallest absolute Gasteiger partial charge is 0.444 e. The van der Waals surface area contributed by atoms with E-state index in [9.17, 15) is 9.59 Å². The van der Waals surface area contributed by atoms with Crippen molar-refractivity contribution in [3.05, 3.63) is 24.3 Å². The number of hydrogen-bond acceptors (Lipinski definition) is 5. The Morgan fingerprint density at radius 1 is 1.13 bits per heavy atom. The third-order valence-electron chi connectivity index (χ3n) is 5.91. The molecule has 0 bridgehead atoms. The van der Waals surface area contributed by atoms with E-state index in [0.717, 1.165) is 11.9 Å². The van der Waals surface area contributed by atoms with Crippen LogP contribution in [0.5, 0.6) is 0 Å². The highest BCUT2D eigenvalue weighted by molar-refractivity contribution is 6.64. The van der Waals surface area contributed by atoms with Gasteiger partial charge < -0.3 is 19.4 Å². The highest BCUT2D eigenvalue weighted by Crippen LogP contribution is 2.37. The fourth-order valence-corrected chi connectivity index (χ4v) is 3.58. The van der Waals surface area contributed by atoms with Crippen LogP contribution in [0.3, 0.4) is 0 Å². The summed E-state index contributed by atoms with van der Waals surface area (Å²) in [4.78, 5) is 27.1. The summed E-state index contributed by atoms with van der Waals surface area (Å²) in [5.74, 6) is -0.234. The molecular weight excluding hydrogens is 383 g/mol. The maximum Gasteiger partial charge on any atom is 0.496 e. The Morgan fingerprint density at radius 2 is 1.73 bits per heavy atom. The summed E-state index contributed by atoms with van der Waals surface area (Å²) < 4.78 is 17.8. The number of para-hydroxylation sites is 1. The second-order valence-corrected chi connectivity index (χ2v) is 10.00. The van der Waals surface area contributed by atoms with Crippen LogP contribution in [0, 0.1) is 0 Å². The lowest BCUT2D eigenvalue weighted by molar-refractivity contribution is -0.120. The van der Waals surface area contributed by atoms with Gasteiger partial charge in [0.05, 0.1) is 11.2 Å². The van der Waals surface area contributed by atoms with Crippen LogP contribution < -0.4 is 10.8 Å². The van der Waals surface area contributed by atoms with Crippen molar-refractivity contribution in [1.29, 1.82) is 0 Å². The average molecular weight is 416 g/mol. The Morgan fingerprint density at radius 3 is 2.33 bits per heavy atom. The highest BCUT2D eigenvalue weighted by atomic mass is 16.7. The molecule has 30 heavy (non-hydrogen) atoms. The molecule has 8 heteroatoms. The molecular formula is C22H33BN2O5. The molecule has 3 rings (SSSR count). The molecule has 2 amide bonds. The molecule has 2 aliphatic heterocycles. The molecule has 2 saturated heterocycles. The molecule has 1 aromatic carbocycles. The molecule has 0 spiro atoms. The molecule has 1 aromatic rings. The predicted octanol–water partition coefficient (Wildman–Crippen LogP) is 3.32. The van der Waals surface area contributed by atoms with E-state index in [2.05, 4.69) is 5.32 Å². The minimum absolute atomic E-state index is 0.234. The second-order valence-electron chi connectivity index (χ2n) is 10.00. The summed E-state index contributed by atoms with van der Waals surface area (Å²) >= 11 is 0. The maximum absolute atomic E-state index is 13.1. The molecule has 7 nitrogen and oxygen atoms in total. The number of nitrogens with one attached hydrogen (secondary N) is 1. The molecule has 2 fully saturated rings. The van der Waals surface area contributed by atoms with Gasteiger partial charge in [-0.3, -0.25) is 9.69 Å². The van der Waals surface area contributed by atoms with E-state index in [4.69, 9.17) is 14.0 Å². The Kier molecular flexibility index (Phi) is 5.95. The third-order valence-corrected chi connectivity index (χ3v) is 5.91. The van der Waals surface area contributed by atoms with Gasteiger partial charge >= 0.3 is 13.2 Å². The first-order chi connectivity index (χ1) is 13.8. The van der Waals surface area contributed by atoms with Crippen LogP contribution in [-0.4, -0.2) is 53.4 Å². The van der Waals surface area contributed by atoms with Crippen LogP contribution in [0.2, 0.25) is 0 Å². The van der Waals surface area contributed by atoms with Crippen LogP contribution in [0.4, 0.5) is 10.5 Å². The Hall–Kier alpha value is -2.06. The van der Waals surface area contributed by atoms with E-state index in [1.54, 1.807) is 0 Å². The standard InChI is InChI=1S/C22H33BN2O5/c1-20(2,3)28-19(27)25-14-10-13-17(25)18(26)24-16-12-9-8-11-15(16)23-29-21(4,5)22(6,7)30-23/h8-9,11-12,17H,10,13-14H2,1-7H3,(H,24,26). The minimum Gasteiger partial charge on any atom is -0.444 e. The summed E-state index contributed by atoms with van der Waals surface area (Å²) in [5, 5.41) is 2.98. The zero-order valence-corrected chi connectivity index (χ0v) is 19.1. The quantitative estimate of drug-likeness (QED) is 0.765. The van der Waals surface area contributed by atoms with Gasteiger partial charge in [-0.25, -0.2) is 4.79 Å². The van der Waals surface area contributed by atoms with Crippen molar-refractivity contribution in [2.24, 2.45) is 0 Å². The first kappa shape index (κ1) is 22.6. The average Bonchev–Trinajstić information content (AvgIpc) is 3.17. The molecule has 164 valence electrons. The summed E-state index contributed by atoms with van der Waals surface area (Å²) in [6.07, 6.45) is 0.902. The molecule has 2 aliphatic rings. The van der Waals surface area contributed by atoms with E-state index in [1.165, 1.54) is 4.90 Å². The lowest BCUT2D eigenvalue weighted by atomic mass is 9.77.